The lowest BCUT2D eigenvalue weighted by Gasteiger charge is -2.31. The number of nitrogens with two attached hydrogens (primary N) is 1. The third-order valence-corrected chi connectivity index (χ3v) is 2.90. The summed E-state index contributed by atoms with van der Waals surface area (Å²) < 4.78 is 0. The number of hydrogen-bond donors (Lipinski definition) is 2. The average Bonchev–Trinajstić information content (AvgIpc) is 2.51. The summed E-state index contributed by atoms with van der Waals surface area (Å²) in [4.78, 5) is 23.6. The largest absolute Gasteiger partial charge is 0.480 e. The minimum atomic E-state index is -0.912. The van der Waals surface area contributed by atoms with Crippen LogP contribution in [0.4, 0.5) is 0 Å². The molecule has 0 aromatic carbocycles. The molecular weight excluding hydrogens is 184 g/mol. The summed E-state index contributed by atoms with van der Waals surface area (Å²) in [6.45, 7) is 4.35. The first kappa shape index (κ1) is 11.0. The Morgan fingerprint density at radius 2 is 2.07 bits per heavy atom. The number of carboxylic acids is 1. The molecule has 0 radical (unpaired) electrons. The standard InChI is InChI=1S/C9H16N2O3/c1-9(2,8(13)14)11-4-3-6(5-11)7(10)12/h6H,3-5H2,1-2H3,(H2,10,12)(H,13,14). The van der Waals surface area contributed by atoms with Gasteiger partial charge in [0, 0.05) is 13.1 Å². The van der Waals surface area contributed by atoms with E-state index in [1.807, 2.05) is 0 Å². The maximum absolute atomic E-state index is 10.9. The summed E-state index contributed by atoms with van der Waals surface area (Å²) in [7, 11) is 0. The molecule has 1 aliphatic rings. The van der Waals surface area contributed by atoms with Gasteiger partial charge >= 0.3 is 5.97 Å². The molecule has 1 rings (SSSR count). The zero-order chi connectivity index (χ0) is 10.9. The van der Waals surface area contributed by atoms with Crippen molar-refractivity contribution in [3.05, 3.63) is 0 Å². The highest BCUT2D eigenvalue weighted by atomic mass is 16.4. The summed E-state index contributed by atoms with van der Waals surface area (Å²) in [6, 6.07) is 0. The van der Waals surface area contributed by atoms with Gasteiger partial charge in [-0.25, -0.2) is 0 Å². The number of rotatable bonds is 3. The molecule has 1 atom stereocenters. The van der Waals surface area contributed by atoms with E-state index < -0.39 is 11.5 Å². The van der Waals surface area contributed by atoms with Crippen molar-refractivity contribution in [3.63, 3.8) is 0 Å². The van der Waals surface area contributed by atoms with Crippen LogP contribution >= 0.6 is 0 Å². The molecule has 1 unspecified atom stereocenters. The molecule has 5 nitrogen and oxygen atoms in total. The second kappa shape index (κ2) is 3.57. The molecule has 0 aromatic heterocycles. The van der Waals surface area contributed by atoms with E-state index in [1.165, 1.54) is 0 Å². The van der Waals surface area contributed by atoms with Crippen LogP contribution in [0.25, 0.3) is 0 Å². The summed E-state index contributed by atoms with van der Waals surface area (Å²) >= 11 is 0. The fourth-order valence-corrected chi connectivity index (χ4v) is 1.64. The van der Waals surface area contributed by atoms with Gasteiger partial charge < -0.3 is 10.8 Å². The van der Waals surface area contributed by atoms with Crippen LogP contribution in [0.15, 0.2) is 0 Å². The molecule has 0 bridgehead atoms. The number of carbonyl (C=O) groups is 2. The zero-order valence-electron chi connectivity index (χ0n) is 8.49. The van der Waals surface area contributed by atoms with Crippen LogP contribution in [-0.2, 0) is 9.59 Å². The number of primary amides is 1. The monoisotopic (exact) mass is 200 g/mol. The Balaban J connectivity index is 2.66. The lowest BCUT2D eigenvalue weighted by Crippen LogP contribution is -2.49. The van der Waals surface area contributed by atoms with Gasteiger partial charge in [-0.1, -0.05) is 0 Å². The van der Waals surface area contributed by atoms with Crippen molar-refractivity contribution in [2.24, 2.45) is 11.7 Å². The minimum Gasteiger partial charge on any atom is -0.480 e. The molecule has 0 aromatic rings. The number of carbonyl (C=O) groups excluding carboxylic acids is 1. The quantitative estimate of drug-likeness (QED) is 0.652. The molecular formula is C9H16N2O3. The molecule has 1 amide bonds. The molecule has 0 aliphatic carbocycles. The van der Waals surface area contributed by atoms with Crippen LogP contribution in [0.3, 0.4) is 0 Å². The molecule has 0 saturated carbocycles. The van der Waals surface area contributed by atoms with Gasteiger partial charge in [0.25, 0.3) is 0 Å². The lowest BCUT2D eigenvalue weighted by molar-refractivity contribution is -0.149. The van der Waals surface area contributed by atoms with Crippen molar-refractivity contribution in [1.29, 1.82) is 0 Å². The second-order valence-corrected chi connectivity index (χ2v) is 4.20. The fourth-order valence-electron chi connectivity index (χ4n) is 1.64. The van der Waals surface area contributed by atoms with Crippen LogP contribution < -0.4 is 5.73 Å². The topological polar surface area (TPSA) is 83.6 Å². The van der Waals surface area contributed by atoms with Gasteiger partial charge in [0.05, 0.1) is 5.92 Å². The number of amides is 1. The van der Waals surface area contributed by atoms with Crippen molar-refractivity contribution >= 4 is 11.9 Å². The van der Waals surface area contributed by atoms with Crippen molar-refractivity contribution in [2.75, 3.05) is 13.1 Å². The van der Waals surface area contributed by atoms with Gasteiger partial charge in [0.2, 0.25) is 5.91 Å². The van der Waals surface area contributed by atoms with Gasteiger partial charge in [-0.2, -0.15) is 0 Å². The first-order chi connectivity index (χ1) is 6.35. The van der Waals surface area contributed by atoms with E-state index in [4.69, 9.17) is 10.8 Å². The molecule has 1 saturated heterocycles. The fraction of sp³-hybridized carbons (Fsp3) is 0.778. The van der Waals surface area contributed by atoms with Crippen LogP contribution in [0.2, 0.25) is 0 Å². The number of nitrogens with zero attached hydrogens (tertiary/aromatic N) is 1. The normalized spacial score (nSPS) is 23.7. The third kappa shape index (κ3) is 1.87. The van der Waals surface area contributed by atoms with Crippen LogP contribution in [0.1, 0.15) is 20.3 Å². The van der Waals surface area contributed by atoms with Crippen LogP contribution in [0, 0.1) is 5.92 Å². The van der Waals surface area contributed by atoms with Gasteiger partial charge in [-0.15, -0.1) is 0 Å². The van der Waals surface area contributed by atoms with Crippen molar-refractivity contribution in [1.82, 2.24) is 4.90 Å². The molecule has 80 valence electrons. The Morgan fingerprint density at radius 3 is 2.43 bits per heavy atom. The second-order valence-electron chi connectivity index (χ2n) is 4.20. The number of carboxylic acid groups (broad SMARTS) is 1. The molecule has 14 heavy (non-hydrogen) atoms. The predicted molar refractivity (Wildman–Crippen MR) is 50.6 cm³/mol. The van der Waals surface area contributed by atoms with Gasteiger partial charge in [0.15, 0.2) is 0 Å². The lowest BCUT2D eigenvalue weighted by atomic mass is 10.0. The Hall–Kier alpha value is -1.10. The van der Waals surface area contributed by atoms with E-state index in [2.05, 4.69) is 0 Å². The van der Waals surface area contributed by atoms with E-state index >= 15 is 0 Å². The van der Waals surface area contributed by atoms with E-state index in [9.17, 15) is 9.59 Å². The van der Waals surface area contributed by atoms with Crippen molar-refractivity contribution in [3.8, 4) is 0 Å². The molecule has 3 N–H and O–H groups in total. The Morgan fingerprint density at radius 1 is 1.50 bits per heavy atom. The van der Waals surface area contributed by atoms with Crippen LogP contribution in [0.5, 0.6) is 0 Å². The molecule has 1 aliphatic heterocycles. The first-order valence-electron chi connectivity index (χ1n) is 4.63. The summed E-state index contributed by atoms with van der Waals surface area (Å²) in [5, 5.41) is 8.97. The highest BCUT2D eigenvalue weighted by Gasteiger charge is 2.40. The van der Waals surface area contributed by atoms with Gasteiger partial charge in [-0.3, -0.25) is 14.5 Å². The molecule has 1 heterocycles. The minimum absolute atomic E-state index is 0.200. The maximum Gasteiger partial charge on any atom is 0.323 e. The summed E-state index contributed by atoms with van der Waals surface area (Å²) in [5.41, 5.74) is 4.25. The molecule has 0 spiro atoms. The van der Waals surface area contributed by atoms with E-state index in [0.29, 0.717) is 19.5 Å². The Kier molecular flexibility index (Phi) is 2.80. The number of likely N-dealkylation sites (tertiary alicyclic amines) is 1. The van der Waals surface area contributed by atoms with Gasteiger partial charge in [-0.05, 0) is 20.3 Å². The van der Waals surface area contributed by atoms with Gasteiger partial charge in [0.1, 0.15) is 5.54 Å². The smallest absolute Gasteiger partial charge is 0.323 e. The third-order valence-electron chi connectivity index (χ3n) is 2.90. The maximum atomic E-state index is 10.9. The van der Waals surface area contributed by atoms with E-state index in [0.717, 1.165) is 0 Å². The summed E-state index contributed by atoms with van der Waals surface area (Å²) in [6.07, 6.45) is 0.659. The highest BCUT2D eigenvalue weighted by molar-refractivity contribution is 5.79. The number of hydrogen-bond acceptors (Lipinski definition) is 3. The first-order valence-corrected chi connectivity index (χ1v) is 4.63. The molecule has 1 fully saturated rings. The van der Waals surface area contributed by atoms with Crippen molar-refractivity contribution < 1.29 is 14.7 Å². The number of aliphatic carboxylic acids is 1. The predicted octanol–water partition coefficient (Wildman–Crippen LogP) is -0.343. The molecule has 5 heteroatoms. The Labute approximate surface area is 82.9 Å². The SMILES string of the molecule is CC(C)(C(=O)O)N1CCC(C(N)=O)C1. The zero-order valence-corrected chi connectivity index (χ0v) is 8.49. The van der Waals surface area contributed by atoms with Crippen LogP contribution in [-0.4, -0.2) is 40.5 Å². The van der Waals surface area contributed by atoms with E-state index in [-0.39, 0.29) is 11.8 Å². The average molecular weight is 200 g/mol. The Bertz CT molecular complexity index is 263. The van der Waals surface area contributed by atoms with Crippen molar-refractivity contribution in [2.45, 2.75) is 25.8 Å². The highest BCUT2D eigenvalue weighted by Crippen LogP contribution is 2.24. The van der Waals surface area contributed by atoms with E-state index in [1.54, 1.807) is 18.7 Å². The summed E-state index contributed by atoms with van der Waals surface area (Å²) in [5.74, 6) is -1.41.